The number of carbonyl (C=O) groups excluding carboxylic acids is 1. The minimum atomic E-state index is -4.63. The SMILES string of the molecule is C[C@H](C#N)CNc1cc(-c2cnccc2-c2nncn2C)cc(N2Cc3c(cc(CN4CCC5(CC5)C4)cc3C(F)(F)F)C2=O)n1. The number of nitriles is 1. The van der Waals surface area contributed by atoms with Crippen molar-refractivity contribution in [2.75, 3.05) is 29.9 Å². The molecule has 2 aliphatic heterocycles. The Morgan fingerprint density at radius 2 is 1.96 bits per heavy atom. The molecule has 3 aromatic heterocycles. The molecule has 3 aliphatic rings. The Bertz CT molecular complexity index is 1870. The van der Waals surface area contributed by atoms with Gasteiger partial charge in [0.15, 0.2) is 5.82 Å². The van der Waals surface area contributed by atoms with Gasteiger partial charge in [0.25, 0.3) is 5.91 Å². The first-order valence-corrected chi connectivity index (χ1v) is 15.3. The zero-order chi connectivity index (χ0) is 32.2. The van der Waals surface area contributed by atoms with Crippen LogP contribution in [0.25, 0.3) is 22.5 Å². The van der Waals surface area contributed by atoms with Gasteiger partial charge in [0.1, 0.15) is 18.0 Å². The average molecular weight is 628 g/mol. The van der Waals surface area contributed by atoms with Crippen LogP contribution < -0.4 is 10.2 Å². The lowest BCUT2D eigenvalue weighted by molar-refractivity contribution is -0.138. The summed E-state index contributed by atoms with van der Waals surface area (Å²) in [6.07, 6.45) is 3.65. The fourth-order valence-corrected chi connectivity index (χ4v) is 6.55. The number of nitrogens with zero attached hydrogens (tertiary/aromatic N) is 8. The van der Waals surface area contributed by atoms with E-state index in [9.17, 15) is 23.2 Å². The number of halogens is 3. The Kier molecular flexibility index (Phi) is 7.27. The Morgan fingerprint density at radius 1 is 1.13 bits per heavy atom. The van der Waals surface area contributed by atoms with Crippen LogP contribution in [0.1, 0.15) is 53.2 Å². The number of alkyl halides is 3. The molecule has 7 rings (SSSR count). The van der Waals surface area contributed by atoms with E-state index in [0.717, 1.165) is 25.1 Å². The largest absolute Gasteiger partial charge is 0.416 e. The van der Waals surface area contributed by atoms with Crippen molar-refractivity contribution >= 4 is 17.5 Å². The van der Waals surface area contributed by atoms with Gasteiger partial charge in [0.05, 0.1) is 24.1 Å². The van der Waals surface area contributed by atoms with Crippen molar-refractivity contribution in [3.63, 3.8) is 0 Å². The number of nitrogens with one attached hydrogen (secondary N) is 1. The van der Waals surface area contributed by atoms with Gasteiger partial charge in [-0.2, -0.15) is 18.4 Å². The molecule has 0 bridgehead atoms. The summed E-state index contributed by atoms with van der Waals surface area (Å²) in [4.78, 5) is 26.4. The predicted octanol–water partition coefficient (Wildman–Crippen LogP) is 5.68. The molecular weight excluding hydrogens is 595 g/mol. The third-order valence-corrected chi connectivity index (χ3v) is 9.27. The van der Waals surface area contributed by atoms with Crippen LogP contribution in [0.2, 0.25) is 0 Å². The molecule has 1 aromatic carbocycles. The summed E-state index contributed by atoms with van der Waals surface area (Å²) in [6.45, 7) is 3.87. The number of pyridine rings is 2. The van der Waals surface area contributed by atoms with Gasteiger partial charge in [0.2, 0.25) is 0 Å². The highest BCUT2D eigenvalue weighted by atomic mass is 19.4. The number of aryl methyl sites for hydroxylation is 1. The summed E-state index contributed by atoms with van der Waals surface area (Å²) in [5.41, 5.74) is 2.03. The summed E-state index contributed by atoms with van der Waals surface area (Å²) in [6, 6.07) is 10.2. The lowest BCUT2D eigenvalue weighted by Gasteiger charge is -2.19. The molecular formula is C33H32F3N9O. The second-order valence-corrected chi connectivity index (χ2v) is 12.7. The van der Waals surface area contributed by atoms with Crippen molar-refractivity contribution in [1.29, 1.82) is 5.26 Å². The highest BCUT2D eigenvalue weighted by molar-refractivity contribution is 6.10. The monoisotopic (exact) mass is 627 g/mol. The lowest BCUT2D eigenvalue weighted by atomic mass is 9.98. The molecule has 1 amide bonds. The van der Waals surface area contributed by atoms with E-state index in [1.807, 2.05) is 7.05 Å². The maximum absolute atomic E-state index is 14.5. The van der Waals surface area contributed by atoms with Crippen LogP contribution >= 0.6 is 0 Å². The second-order valence-electron chi connectivity index (χ2n) is 12.7. The third-order valence-electron chi connectivity index (χ3n) is 9.27. The molecule has 46 heavy (non-hydrogen) atoms. The summed E-state index contributed by atoms with van der Waals surface area (Å²) in [5, 5.41) is 20.7. The molecule has 0 radical (unpaired) electrons. The Morgan fingerprint density at radius 3 is 2.65 bits per heavy atom. The lowest BCUT2D eigenvalue weighted by Crippen LogP contribution is -2.25. The average Bonchev–Trinajstić information content (AvgIpc) is 3.29. The minimum Gasteiger partial charge on any atom is -0.369 e. The molecule has 10 nitrogen and oxygen atoms in total. The molecule has 1 spiro atoms. The number of hydrogen-bond acceptors (Lipinski definition) is 8. The number of hydrogen-bond donors (Lipinski definition) is 1. The van der Waals surface area contributed by atoms with Gasteiger partial charge < -0.3 is 9.88 Å². The maximum Gasteiger partial charge on any atom is 0.416 e. The highest BCUT2D eigenvalue weighted by Gasteiger charge is 2.47. The number of likely N-dealkylation sites (tertiary alicyclic amines) is 1. The predicted molar refractivity (Wildman–Crippen MR) is 164 cm³/mol. The van der Waals surface area contributed by atoms with Crippen LogP contribution in [-0.2, 0) is 26.3 Å². The van der Waals surface area contributed by atoms with Crippen molar-refractivity contribution in [1.82, 2.24) is 29.6 Å². The Labute approximate surface area is 263 Å². The van der Waals surface area contributed by atoms with Crippen molar-refractivity contribution < 1.29 is 18.0 Å². The van der Waals surface area contributed by atoms with E-state index >= 15 is 0 Å². The van der Waals surface area contributed by atoms with E-state index in [2.05, 4.69) is 36.5 Å². The fraction of sp³-hybridized carbons (Fsp3) is 0.394. The second kappa shape index (κ2) is 11.2. The zero-order valence-electron chi connectivity index (χ0n) is 25.5. The number of anilines is 2. The number of rotatable bonds is 8. The number of amides is 1. The molecule has 4 aromatic rings. The van der Waals surface area contributed by atoms with Gasteiger partial charge in [-0.15, -0.1) is 10.2 Å². The molecule has 2 fully saturated rings. The van der Waals surface area contributed by atoms with Crippen LogP contribution in [0.3, 0.4) is 0 Å². The van der Waals surface area contributed by atoms with Crippen molar-refractivity contribution in [3.8, 4) is 28.6 Å². The topological polar surface area (TPSA) is 116 Å². The normalized spacial score (nSPS) is 17.7. The van der Waals surface area contributed by atoms with Gasteiger partial charge in [-0.25, -0.2) is 4.98 Å². The van der Waals surface area contributed by atoms with E-state index < -0.39 is 17.6 Å². The number of benzene rings is 1. The van der Waals surface area contributed by atoms with Crippen LogP contribution in [0.4, 0.5) is 24.8 Å². The maximum atomic E-state index is 14.5. The van der Waals surface area contributed by atoms with E-state index in [4.69, 9.17) is 0 Å². The molecule has 1 atom stereocenters. The van der Waals surface area contributed by atoms with E-state index in [1.165, 1.54) is 23.8 Å². The van der Waals surface area contributed by atoms with E-state index in [-0.39, 0.29) is 36.0 Å². The first kappa shape index (κ1) is 29.9. The van der Waals surface area contributed by atoms with Crippen LogP contribution in [-0.4, -0.2) is 55.2 Å². The van der Waals surface area contributed by atoms with E-state index in [1.54, 1.807) is 54.5 Å². The number of carbonyl (C=O) groups is 1. The molecule has 236 valence electrons. The molecule has 13 heteroatoms. The molecule has 1 N–H and O–H groups in total. The summed E-state index contributed by atoms with van der Waals surface area (Å²) in [5.74, 6) is 0.260. The molecule has 1 saturated carbocycles. The quantitative estimate of drug-likeness (QED) is 0.266. The number of fused-ring (bicyclic) bond motifs is 1. The van der Waals surface area contributed by atoms with Gasteiger partial charge in [-0.05, 0) is 85.2 Å². The highest BCUT2D eigenvalue weighted by Crippen LogP contribution is 2.53. The van der Waals surface area contributed by atoms with E-state index in [0.29, 0.717) is 40.3 Å². The third kappa shape index (κ3) is 5.58. The van der Waals surface area contributed by atoms with Crippen molar-refractivity contribution in [2.45, 2.75) is 45.5 Å². The minimum absolute atomic E-state index is 0.0473. The van der Waals surface area contributed by atoms with Gasteiger partial charge in [-0.3, -0.25) is 19.6 Å². The molecule has 1 saturated heterocycles. The zero-order valence-corrected chi connectivity index (χ0v) is 25.5. The summed E-state index contributed by atoms with van der Waals surface area (Å²) >= 11 is 0. The summed E-state index contributed by atoms with van der Waals surface area (Å²) < 4.78 is 45.2. The van der Waals surface area contributed by atoms with Crippen LogP contribution in [0.5, 0.6) is 0 Å². The van der Waals surface area contributed by atoms with Crippen LogP contribution in [0.15, 0.2) is 49.1 Å². The molecule has 0 unspecified atom stereocenters. The fourth-order valence-electron chi connectivity index (χ4n) is 6.55. The van der Waals surface area contributed by atoms with Crippen molar-refractivity contribution in [3.05, 3.63) is 71.3 Å². The first-order chi connectivity index (χ1) is 22.0. The van der Waals surface area contributed by atoms with Gasteiger partial charge in [0, 0.05) is 55.8 Å². The Balaban J connectivity index is 1.28. The summed E-state index contributed by atoms with van der Waals surface area (Å²) in [7, 11) is 1.81. The van der Waals surface area contributed by atoms with Gasteiger partial charge >= 0.3 is 6.18 Å². The first-order valence-electron chi connectivity index (χ1n) is 15.3. The van der Waals surface area contributed by atoms with Crippen molar-refractivity contribution in [2.24, 2.45) is 18.4 Å². The smallest absolute Gasteiger partial charge is 0.369 e. The Hall–Kier alpha value is -4.83. The number of aromatic nitrogens is 5. The molecule has 1 aliphatic carbocycles. The molecule has 5 heterocycles. The van der Waals surface area contributed by atoms with Gasteiger partial charge in [-0.1, -0.05) is 0 Å². The standard InChI is InChI=1S/C33H32F3N9O/c1-20(13-37)14-39-28-11-22(25-15-38-7-3-23(25)30-42-40-19-43(30)2)12-29(41-28)45-17-26-24(31(45)46)9-21(10-27(26)33(34,35)36)16-44-8-6-32(18-44)4-5-32/h3,7,9-12,15,19-20H,4-6,8,14,16-18H2,1-2H3,(H,39,41)/t20-/m1/s1. The van der Waals surface area contributed by atoms with Crippen LogP contribution in [0, 0.1) is 22.7 Å².